The number of nitriles is 1. The molecule has 0 radical (unpaired) electrons. The number of nitrogens with one attached hydrogen (secondary N) is 1. The molecule has 2 aromatic carbocycles. The molecule has 5 rings (SSSR count). The minimum atomic E-state index is -0.591. The molecule has 1 unspecified atom stereocenters. The van der Waals surface area contributed by atoms with Crippen molar-refractivity contribution in [2.75, 3.05) is 23.1 Å². The van der Waals surface area contributed by atoms with Gasteiger partial charge in [0.15, 0.2) is 10.1 Å². The number of carbonyl (C=O) groups is 2. The zero-order valence-electron chi connectivity index (χ0n) is 24.1. The summed E-state index contributed by atoms with van der Waals surface area (Å²) in [5.74, 6) is 0.291. The topological polar surface area (TPSA) is 134 Å². The van der Waals surface area contributed by atoms with Gasteiger partial charge in [-0.1, -0.05) is 61.2 Å². The Labute approximate surface area is 253 Å². The Morgan fingerprint density at radius 1 is 1.21 bits per heavy atom. The van der Waals surface area contributed by atoms with E-state index in [4.69, 9.17) is 10.5 Å². The molecule has 2 heterocycles. The number of thioether (sulfide) groups is 1. The molecule has 1 aromatic heterocycles. The van der Waals surface area contributed by atoms with E-state index in [9.17, 15) is 14.9 Å². The molecular weight excluding hydrogens is 569 g/mol. The smallest absolute Gasteiger partial charge is 0.234 e. The molecule has 11 heteroatoms. The van der Waals surface area contributed by atoms with Crippen molar-refractivity contribution in [2.45, 2.75) is 50.8 Å². The molecule has 9 nitrogen and oxygen atoms in total. The second-order valence-corrected chi connectivity index (χ2v) is 13.4. The molecule has 0 saturated heterocycles. The Balaban J connectivity index is 1.46. The van der Waals surface area contributed by atoms with Gasteiger partial charge in [-0.15, -0.1) is 10.2 Å². The Bertz CT molecular complexity index is 1670. The number of rotatable bonds is 7. The quantitative estimate of drug-likeness (QED) is 0.321. The van der Waals surface area contributed by atoms with Gasteiger partial charge in [0.25, 0.3) is 0 Å². The van der Waals surface area contributed by atoms with Crippen molar-refractivity contribution in [1.29, 1.82) is 5.26 Å². The van der Waals surface area contributed by atoms with Crippen LogP contribution in [0.4, 0.5) is 10.8 Å². The maximum absolute atomic E-state index is 13.7. The fraction of sp³-hybridized carbons (Fsp3) is 0.323. The third kappa shape index (κ3) is 5.65. The molecule has 0 spiro atoms. The van der Waals surface area contributed by atoms with Gasteiger partial charge >= 0.3 is 0 Å². The Morgan fingerprint density at radius 2 is 1.95 bits per heavy atom. The maximum atomic E-state index is 13.7. The van der Waals surface area contributed by atoms with Gasteiger partial charge in [-0.3, -0.25) is 14.5 Å². The third-order valence-electron chi connectivity index (χ3n) is 7.62. The SMILES string of the molecule is COc1ccc(C2C(C#N)=C(N)N(c3nnc(SCC(=O)Nc4cccc(C)c4C)s3)C3=C2C(=O)CC(C)(C)C3)cc1. The number of hydrogen-bond donors (Lipinski definition) is 2. The van der Waals surface area contributed by atoms with Gasteiger partial charge in [-0.05, 0) is 60.6 Å². The highest BCUT2D eigenvalue weighted by molar-refractivity contribution is 8.01. The summed E-state index contributed by atoms with van der Waals surface area (Å²) in [6.07, 6.45) is 0.929. The summed E-state index contributed by atoms with van der Waals surface area (Å²) in [7, 11) is 1.59. The van der Waals surface area contributed by atoms with Gasteiger partial charge in [-0.25, -0.2) is 0 Å². The Morgan fingerprint density at radius 3 is 2.64 bits per heavy atom. The van der Waals surface area contributed by atoms with E-state index < -0.39 is 5.92 Å². The van der Waals surface area contributed by atoms with Gasteiger partial charge in [0.1, 0.15) is 11.6 Å². The molecule has 1 aliphatic carbocycles. The predicted molar refractivity (Wildman–Crippen MR) is 165 cm³/mol. The third-order valence-corrected chi connectivity index (χ3v) is 9.66. The minimum absolute atomic E-state index is 0.0189. The molecule has 216 valence electrons. The predicted octanol–water partition coefficient (Wildman–Crippen LogP) is 5.84. The van der Waals surface area contributed by atoms with Crippen molar-refractivity contribution in [3.8, 4) is 11.8 Å². The first-order valence-electron chi connectivity index (χ1n) is 13.5. The summed E-state index contributed by atoms with van der Waals surface area (Å²) >= 11 is 2.54. The highest BCUT2D eigenvalue weighted by atomic mass is 32.2. The fourth-order valence-electron chi connectivity index (χ4n) is 5.41. The summed E-state index contributed by atoms with van der Waals surface area (Å²) in [5.41, 5.74) is 11.7. The molecule has 3 N–H and O–H groups in total. The van der Waals surface area contributed by atoms with Crippen molar-refractivity contribution in [1.82, 2.24) is 10.2 Å². The van der Waals surface area contributed by atoms with Crippen LogP contribution in [-0.2, 0) is 9.59 Å². The number of methoxy groups -OCH3 is 1. The number of ketones is 1. The monoisotopic (exact) mass is 600 g/mol. The summed E-state index contributed by atoms with van der Waals surface area (Å²) in [6, 6.07) is 15.4. The molecule has 0 saturated carbocycles. The zero-order valence-corrected chi connectivity index (χ0v) is 25.8. The summed E-state index contributed by atoms with van der Waals surface area (Å²) in [6.45, 7) is 8.07. The molecule has 42 heavy (non-hydrogen) atoms. The molecular formula is C31H32N6O3S2. The Kier molecular flexibility index (Phi) is 8.12. The Hall–Kier alpha value is -4.14. The minimum Gasteiger partial charge on any atom is -0.497 e. The van der Waals surface area contributed by atoms with Crippen LogP contribution in [0, 0.1) is 30.6 Å². The second kappa shape index (κ2) is 11.6. The number of ether oxygens (including phenoxy) is 1. The average molecular weight is 601 g/mol. The van der Waals surface area contributed by atoms with Crippen LogP contribution >= 0.6 is 23.1 Å². The summed E-state index contributed by atoms with van der Waals surface area (Å²) in [4.78, 5) is 28.1. The van der Waals surface area contributed by atoms with Crippen LogP contribution in [0.5, 0.6) is 5.75 Å². The van der Waals surface area contributed by atoms with Gasteiger partial charge in [-0.2, -0.15) is 5.26 Å². The van der Waals surface area contributed by atoms with Crippen LogP contribution in [0.15, 0.2) is 69.5 Å². The van der Waals surface area contributed by atoms with E-state index in [1.807, 2.05) is 70.2 Å². The van der Waals surface area contributed by atoms with E-state index in [-0.39, 0.29) is 34.3 Å². The highest BCUT2D eigenvalue weighted by Crippen LogP contribution is 2.50. The van der Waals surface area contributed by atoms with Crippen LogP contribution in [0.1, 0.15) is 49.3 Å². The first kappa shape index (κ1) is 29.4. The van der Waals surface area contributed by atoms with E-state index in [1.165, 1.54) is 23.1 Å². The molecule has 1 amide bonds. The van der Waals surface area contributed by atoms with Crippen LogP contribution in [0.2, 0.25) is 0 Å². The normalized spacial score (nSPS) is 18.0. The number of Topliss-reactive ketones (excluding diaryl/α,β-unsaturated/α-hetero) is 1. The molecule has 3 aromatic rings. The van der Waals surface area contributed by atoms with Crippen LogP contribution in [0.3, 0.4) is 0 Å². The number of benzene rings is 2. The molecule has 1 atom stereocenters. The standard InChI is InChI=1S/C31H32N6O3S2/c1-17-7-6-8-22(18(17)2)34-25(39)16-41-30-36-35-29(42-30)37-23-13-31(3,4)14-24(38)27(23)26(21(15-32)28(37)33)19-9-11-20(40-5)12-10-19/h6-12,26H,13-14,16,33H2,1-5H3,(H,34,39). The number of aryl methyl sites for hydroxylation is 1. The zero-order chi connectivity index (χ0) is 30.2. The van der Waals surface area contributed by atoms with Crippen LogP contribution in [0.25, 0.3) is 0 Å². The average Bonchev–Trinajstić information content (AvgIpc) is 3.41. The summed E-state index contributed by atoms with van der Waals surface area (Å²) < 4.78 is 5.88. The van der Waals surface area contributed by atoms with Gasteiger partial charge in [0, 0.05) is 23.4 Å². The first-order chi connectivity index (χ1) is 20.0. The number of allylic oxidation sites excluding steroid dienone is 3. The van der Waals surface area contributed by atoms with Crippen molar-refractivity contribution in [2.24, 2.45) is 11.1 Å². The number of nitrogens with two attached hydrogens (primary N) is 1. The van der Waals surface area contributed by atoms with Crippen molar-refractivity contribution in [3.05, 3.63) is 81.8 Å². The highest BCUT2D eigenvalue weighted by Gasteiger charge is 2.45. The number of anilines is 2. The number of amides is 1. The first-order valence-corrected chi connectivity index (χ1v) is 15.3. The molecule has 1 aliphatic heterocycles. The van der Waals surface area contributed by atoms with Gasteiger partial charge < -0.3 is 15.8 Å². The van der Waals surface area contributed by atoms with Gasteiger partial charge in [0.2, 0.25) is 11.0 Å². The van der Waals surface area contributed by atoms with Crippen molar-refractivity contribution in [3.63, 3.8) is 0 Å². The second-order valence-electron chi connectivity index (χ2n) is 11.2. The lowest BCUT2D eigenvalue weighted by molar-refractivity contribution is -0.118. The lowest BCUT2D eigenvalue weighted by Crippen LogP contribution is -2.42. The largest absolute Gasteiger partial charge is 0.497 e. The van der Waals surface area contributed by atoms with Crippen molar-refractivity contribution < 1.29 is 14.3 Å². The fourth-order valence-corrected chi connectivity index (χ4v) is 7.09. The van der Waals surface area contributed by atoms with Gasteiger partial charge in [0.05, 0.1) is 30.4 Å². The molecule has 0 fully saturated rings. The van der Waals surface area contributed by atoms with Crippen LogP contribution < -0.4 is 20.7 Å². The number of carbonyl (C=O) groups excluding carboxylic acids is 2. The summed E-state index contributed by atoms with van der Waals surface area (Å²) in [5, 5.41) is 22.4. The molecule has 2 aliphatic rings. The number of hydrogen-bond acceptors (Lipinski definition) is 10. The lowest BCUT2D eigenvalue weighted by Gasteiger charge is -2.42. The van der Waals surface area contributed by atoms with E-state index in [2.05, 4.69) is 21.6 Å². The number of nitrogens with zero attached hydrogens (tertiary/aromatic N) is 4. The van der Waals surface area contributed by atoms with Crippen LogP contribution in [-0.4, -0.2) is 34.8 Å². The molecule has 0 bridgehead atoms. The van der Waals surface area contributed by atoms with E-state index in [1.54, 1.807) is 12.0 Å². The number of aromatic nitrogens is 2. The van der Waals surface area contributed by atoms with E-state index in [0.29, 0.717) is 33.6 Å². The van der Waals surface area contributed by atoms with E-state index in [0.717, 1.165) is 28.1 Å². The lowest BCUT2D eigenvalue weighted by atomic mass is 9.68. The van der Waals surface area contributed by atoms with Crippen molar-refractivity contribution >= 4 is 45.6 Å². The maximum Gasteiger partial charge on any atom is 0.234 e. The van der Waals surface area contributed by atoms with E-state index >= 15 is 0 Å².